The average molecular weight is 283 g/mol. The first-order valence-electron chi connectivity index (χ1n) is 6.36. The molecule has 0 aliphatic heterocycles. The molecular weight excluding hydrogens is 270 g/mol. The van der Waals surface area contributed by atoms with E-state index in [0.29, 0.717) is 23.6 Å². The van der Waals surface area contributed by atoms with E-state index < -0.39 is 0 Å². The zero-order valence-corrected chi connectivity index (χ0v) is 11.4. The number of ether oxygens (including phenoxy) is 1. The predicted octanol–water partition coefficient (Wildman–Crippen LogP) is 2.44. The molecule has 1 aromatic carbocycles. The highest BCUT2D eigenvalue weighted by Gasteiger charge is 2.14. The molecule has 0 fully saturated rings. The van der Waals surface area contributed by atoms with Crippen LogP contribution in [-0.2, 0) is 6.42 Å². The van der Waals surface area contributed by atoms with Crippen LogP contribution in [0.3, 0.4) is 0 Å². The van der Waals surface area contributed by atoms with Crippen molar-refractivity contribution in [1.82, 2.24) is 15.1 Å². The Labute approximate surface area is 121 Å². The predicted molar refractivity (Wildman–Crippen MR) is 75.0 cm³/mol. The first kappa shape index (κ1) is 13.1. The van der Waals surface area contributed by atoms with E-state index in [1.807, 2.05) is 18.2 Å². The Morgan fingerprint density at radius 3 is 2.90 bits per heavy atom. The summed E-state index contributed by atoms with van der Waals surface area (Å²) in [4.78, 5) is 8.49. The quantitative estimate of drug-likeness (QED) is 0.792. The van der Waals surface area contributed by atoms with Crippen LogP contribution < -0.4 is 4.74 Å². The molecule has 0 atom stereocenters. The maximum atomic E-state index is 9.89. The average Bonchev–Trinajstić information content (AvgIpc) is 2.97. The maximum Gasteiger partial charge on any atom is 0.261 e. The minimum absolute atomic E-state index is 0.0591. The SMILES string of the molecule is COc1ccc(O)c(-c2nc(Cc3ccccn3)no2)c1. The highest BCUT2D eigenvalue weighted by Crippen LogP contribution is 2.31. The van der Waals surface area contributed by atoms with E-state index in [0.717, 1.165) is 5.69 Å². The van der Waals surface area contributed by atoms with Crippen molar-refractivity contribution < 1.29 is 14.4 Å². The lowest BCUT2D eigenvalue weighted by molar-refractivity contribution is 0.407. The number of nitrogens with zero attached hydrogens (tertiary/aromatic N) is 3. The number of phenols is 1. The Kier molecular flexibility index (Phi) is 3.51. The van der Waals surface area contributed by atoms with Gasteiger partial charge in [0.1, 0.15) is 11.5 Å². The largest absolute Gasteiger partial charge is 0.507 e. The molecule has 0 unspecified atom stereocenters. The number of hydrogen-bond acceptors (Lipinski definition) is 6. The summed E-state index contributed by atoms with van der Waals surface area (Å²) in [7, 11) is 1.55. The van der Waals surface area contributed by atoms with Crippen LogP contribution in [0.25, 0.3) is 11.5 Å². The molecule has 3 rings (SSSR count). The van der Waals surface area contributed by atoms with Crippen molar-refractivity contribution in [3.8, 4) is 23.0 Å². The first-order chi connectivity index (χ1) is 10.3. The van der Waals surface area contributed by atoms with E-state index in [4.69, 9.17) is 9.26 Å². The molecule has 0 radical (unpaired) electrons. The minimum Gasteiger partial charge on any atom is -0.507 e. The number of phenolic OH excluding ortho intramolecular Hbond substituents is 1. The molecule has 2 heterocycles. The summed E-state index contributed by atoms with van der Waals surface area (Å²) in [6.45, 7) is 0. The smallest absolute Gasteiger partial charge is 0.261 e. The number of benzene rings is 1. The van der Waals surface area contributed by atoms with Crippen molar-refractivity contribution >= 4 is 0 Å². The van der Waals surface area contributed by atoms with E-state index in [9.17, 15) is 5.11 Å². The molecule has 3 aromatic rings. The van der Waals surface area contributed by atoms with E-state index in [-0.39, 0.29) is 11.6 Å². The summed E-state index contributed by atoms with van der Waals surface area (Å²) in [5, 5.41) is 13.8. The Hall–Kier alpha value is -2.89. The van der Waals surface area contributed by atoms with Crippen LogP contribution in [0.2, 0.25) is 0 Å². The van der Waals surface area contributed by atoms with Crippen molar-refractivity contribution in [2.24, 2.45) is 0 Å². The van der Waals surface area contributed by atoms with Crippen molar-refractivity contribution in [2.75, 3.05) is 7.11 Å². The van der Waals surface area contributed by atoms with Gasteiger partial charge in [-0.15, -0.1) is 0 Å². The van der Waals surface area contributed by atoms with Crippen molar-refractivity contribution in [3.63, 3.8) is 0 Å². The lowest BCUT2D eigenvalue weighted by atomic mass is 10.2. The minimum atomic E-state index is 0.0591. The topological polar surface area (TPSA) is 81.3 Å². The lowest BCUT2D eigenvalue weighted by Crippen LogP contribution is -1.93. The van der Waals surface area contributed by atoms with Crippen LogP contribution in [0.4, 0.5) is 0 Å². The summed E-state index contributed by atoms with van der Waals surface area (Å²) >= 11 is 0. The van der Waals surface area contributed by atoms with Gasteiger partial charge >= 0.3 is 0 Å². The zero-order chi connectivity index (χ0) is 14.7. The number of hydrogen-bond donors (Lipinski definition) is 1. The van der Waals surface area contributed by atoms with Crippen LogP contribution in [0.5, 0.6) is 11.5 Å². The lowest BCUT2D eigenvalue weighted by Gasteiger charge is -2.02. The van der Waals surface area contributed by atoms with Gasteiger partial charge in [-0.25, -0.2) is 0 Å². The molecule has 0 saturated heterocycles. The molecule has 0 bridgehead atoms. The van der Waals surface area contributed by atoms with Gasteiger partial charge in [-0.2, -0.15) is 4.98 Å². The van der Waals surface area contributed by atoms with Crippen LogP contribution in [0.1, 0.15) is 11.5 Å². The van der Waals surface area contributed by atoms with Gasteiger partial charge < -0.3 is 14.4 Å². The molecule has 0 saturated carbocycles. The fourth-order valence-corrected chi connectivity index (χ4v) is 1.91. The van der Waals surface area contributed by atoms with Crippen molar-refractivity contribution in [2.45, 2.75) is 6.42 Å². The third-order valence-corrected chi connectivity index (χ3v) is 2.97. The molecule has 1 N–H and O–H groups in total. The van der Waals surface area contributed by atoms with Gasteiger partial charge in [-0.1, -0.05) is 11.2 Å². The molecule has 2 aromatic heterocycles. The van der Waals surface area contributed by atoms with Crippen molar-refractivity contribution in [3.05, 3.63) is 54.1 Å². The summed E-state index contributed by atoms with van der Waals surface area (Å²) in [6.07, 6.45) is 2.18. The number of aromatic hydroxyl groups is 1. The van der Waals surface area contributed by atoms with E-state index >= 15 is 0 Å². The van der Waals surface area contributed by atoms with Crippen LogP contribution in [0.15, 0.2) is 47.1 Å². The third kappa shape index (κ3) is 2.84. The fraction of sp³-hybridized carbons (Fsp3) is 0.133. The number of methoxy groups -OCH3 is 1. The normalized spacial score (nSPS) is 10.5. The summed E-state index contributed by atoms with van der Waals surface area (Å²) in [5.41, 5.74) is 1.29. The monoisotopic (exact) mass is 283 g/mol. The summed E-state index contributed by atoms with van der Waals surface area (Å²) < 4.78 is 10.3. The number of aromatic nitrogens is 3. The summed E-state index contributed by atoms with van der Waals surface area (Å²) in [6, 6.07) is 10.5. The van der Waals surface area contributed by atoms with Gasteiger partial charge in [0, 0.05) is 11.9 Å². The van der Waals surface area contributed by atoms with E-state index in [1.165, 1.54) is 6.07 Å². The Morgan fingerprint density at radius 1 is 1.24 bits per heavy atom. The number of pyridine rings is 1. The molecule has 0 aliphatic rings. The van der Waals surface area contributed by atoms with Gasteiger partial charge in [0.2, 0.25) is 0 Å². The molecule has 0 amide bonds. The first-order valence-corrected chi connectivity index (χ1v) is 6.36. The van der Waals surface area contributed by atoms with Gasteiger partial charge in [-0.05, 0) is 30.3 Å². The highest BCUT2D eigenvalue weighted by atomic mass is 16.5. The van der Waals surface area contributed by atoms with E-state index in [1.54, 1.807) is 25.4 Å². The molecule has 6 nitrogen and oxygen atoms in total. The van der Waals surface area contributed by atoms with Gasteiger partial charge in [-0.3, -0.25) is 4.98 Å². The van der Waals surface area contributed by atoms with Crippen LogP contribution in [-0.4, -0.2) is 27.3 Å². The molecular formula is C15H13N3O3. The highest BCUT2D eigenvalue weighted by molar-refractivity contribution is 5.64. The fourth-order valence-electron chi connectivity index (χ4n) is 1.91. The molecule has 21 heavy (non-hydrogen) atoms. The molecule has 0 aliphatic carbocycles. The molecule has 0 spiro atoms. The zero-order valence-electron chi connectivity index (χ0n) is 11.4. The van der Waals surface area contributed by atoms with Crippen molar-refractivity contribution in [1.29, 1.82) is 0 Å². The van der Waals surface area contributed by atoms with Crippen LogP contribution >= 0.6 is 0 Å². The standard InChI is InChI=1S/C15H13N3O3/c1-20-11-5-6-13(19)12(9-11)15-17-14(18-21-15)8-10-4-2-3-7-16-10/h2-7,9,19H,8H2,1H3. The second-order valence-corrected chi connectivity index (χ2v) is 4.40. The summed E-state index contributed by atoms with van der Waals surface area (Å²) in [5.74, 6) is 1.42. The van der Waals surface area contributed by atoms with Gasteiger partial charge in [0.15, 0.2) is 5.82 Å². The Bertz CT molecular complexity index is 741. The Balaban J connectivity index is 1.88. The maximum absolute atomic E-state index is 9.89. The second kappa shape index (κ2) is 5.62. The second-order valence-electron chi connectivity index (χ2n) is 4.40. The van der Waals surface area contributed by atoms with Crippen LogP contribution in [0, 0.1) is 0 Å². The van der Waals surface area contributed by atoms with Gasteiger partial charge in [0.25, 0.3) is 5.89 Å². The molecule has 106 valence electrons. The Morgan fingerprint density at radius 2 is 2.14 bits per heavy atom. The number of rotatable bonds is 4. The molecule has 6 heteroatoms. The van der Waals surface area contributed by atoms with Gasteiger partial charge in [0.05, 0.1) is 19.1 Å². The van der Waals surface area contributed by atoms with E-state index in [2.05, 4.69) is 15.1 Å². The third-order valence-electron chi connectivity index (χ3n) is 2.97.